The highest BCUT2D eigenvalue weighted by atomic mass is 35.5. The van der Waals surface area contributed by atoms with Crippen LogP contribution in [0.4, 0.5) is 0 Å². The number of halogens is 1. The van der Waals surface area contributed by atoms with Gasteiger partial charge in [-0.15, -0.1) is 12.4 Å². The Bertz CT molecular complexity index is 612. The molecule has 126 valence electrons. The van der Waals surface area contributed by atoms with Crippen molar-refractivity contribution in [1.82, 2.24) is 5.32 Å². The third kappa shape index (κ3) is 6.06. The maximum Gasteiger partial charge on any atom is 0.335 e. The number of carboxylic acids is 1. The van der Waals surface area contributed by atoms with Crippen LogP contribution < -0.4 is 5.32 Å². The average molecular weight is 340 g/mol. The van der Waals surface area contributed by atoms with E-state index < -0.39 is 5.97 Å². The van der Waals surface area contributed by atoms with Gasteiger partial charge in [-0.05, 0) is 44.2 Å². The van der Waals surface area contributed by atoms with E-state index >= 15 is 0 Å². The van der Waals surface area contributed by atoms with Gasteiger partial charge in [0.1, 0.15) is 11.5 Å². The van der Waals surface area contributed by atoms with E-state index in [2.05, 4.69) is 5.32 Å². The summed E-state index contributed by atoms with van der Waals surface area (Å²) in [7, 11) is 0. The molecule has 0 amide bonds. The lowest BCUT2D eigenvalue weighted by molar-refractivity contribution is 0.0697. The number of carboxylic acid groups (broad SMARTS) is 1. The van der Waals surface area contributed by atoms with Crippen molar-refractivity contribution in [2.75, 3.05) is 19.8 Å². The number of benzene rings is 1. The maximum atomic E-state index is 11.0. The van der Waals surface area contributed by atoms with Crippen molar-refractivity contribution in [2.24, 2.45) is 0 Å². The molecule has 0 fully saturated rings. The molecule has 0 radical (unpaired) electrons. The Morgan fingerprint density at radius 2 is 2.13 bits per heavy atom. The van der Waals surface area contributed by atoms with Gasteiger partial charge in [-0.2, -0.15) is 0 Å². The molecule has 0 saturated carbocycles. The molecule has 0 atom stereocenters. The number of hydrogen-bond acceptors (Lipinski definition) is 4. The second-order valence-electron chi connectivity index (χ2n) is 4.88. The second-order valence-corrected chi connectivity index (χ2v) is 4.88. The highest BCUT2D eigenvalue weighted by Gasteiger charge is 2.08. The van der Waals surface area contributed by atoms with Crippen LogP contribution in [0.1, 0.15) is 29.5 Å². The lowest BCUT2D eigenvalue weighted by Gasteiger charge is -2.03. The van der Waals surface area contributed by atoms with E-state index in [0.29, 0.717) is 12.3 Å². The number of furan rings is 1. The standard InChI is InChI=1S/C17H21NO4.ClH/c1-2-21-10-4-9-18-12-15-7-8-16(22-15)13-5-3-6-14(11-13)17(19)20;/h3,5-8,11,18H,2,4,9-10,12H2,1H3,(H,19,20);1H. The van der Waals surface area contributed by atoms with Crippen molar-refractivity contribution >= 4 is 18.4 Å². The van der Waals surface area contributed by atoms with E-state index in [1.54, 1.807) is 18.2 Å². The Kier molecular flexibility index (Phi) is 8.40. The summed E-state index contributed by atoms with van der Waals surface area (Å²) >= 11 is 0. The van der Waals surface area contributed by atoms with Gasteiger partial charge in [0, 0.05) is 18.8 Å². The highest BCUT2D eigenvalue weighted by molar-refractivity contribution is 5.89. The van der Waals surface area contributed by atoms with E-state index in [4.69, 9.17) is 14.3 Å². The largest absolute Gasteiger partial charge is 0.478 e. The SMILES string of the molecule is CCOCCCNCc1ccc(-c2cccc(C(=O)O)c2)o1.Cl. The molecule has 1 aromatic carbocycles. The molecule has 23 heavy (non-hydrogen) atoms. The minimum atomic E-state index is -0.940. The van der Waals surface area contributed by atoms with Gasteiger partial charge in [0.15, 0.2) is 0 Å². The molecule has 1 aromatic heterocycles. The van der Waals surface area contributed by atoms with Crippen LogP contribution in [0.25, 0.3) is 11.3 Å². The quantitative estimate of drug-likeness (QED) is 0.683. The zero-order valence-corrected chi connectivity index (χ0v) is 13.9. The summed E-state index contributed by atoms with van der Waals surface area (Å²) in [5, 5.41) is 12.3. The highest BCUT2D eigenvalue weighted by Crippen LogP contribution is 2.23. The molecule has 0 aliphatic rings. The van der Waals surface area contributed by atoms with Crippen LogP contribution >= 0.6 is 12.4 Å². The second kappa shape index (κ2) is 10.0. The van der Waals surface area contributed by atoms with Crippen LogP contribution in [0.15, 0.2) is 40.8 Å². The van der Waals surface area contributed by atoms with Crippen LogP contribution in [0.3, 0.4) is 0 Å². The lowest BCUT2D eigenvalue weighted by Crippen LogP contribution is -2.15. The van der Waals surface area contributed by atoms with Gasteiger partial charge >= 0.3 is 5.97 Å². The van der Waals surface area contributed by atoms with Crippen LogP contribution in [0.2, 0.25) is 0 Å². The van der Waals surface area contributed by atoms with Crippen LogP contribution in [-0.4, -0.2) is 30.8 Å². The predicted molar refractivity (Wildman–Crippen MR) is 91.2 cm³/mol. The molecule has 5 nitrogen and oxygen atoms in total. The van der Waals surface area contributed by atoms with Crippen molar-refractivity contribution < 1.29 is 19.1 Å². The van der Waals surface area contributed by atoms with Crippen molar-refractivity contribution in [1.29, 1.82) is 0 Å². The number of hydrogen-bond donors (Lipinski definition) is 2. The van der Waals surface area contributed by atoms with E-state index in [9.17, 15) is 4.79 Å². The lowest BCUT2D eigenvalue weighted by atomic mass is 10.1. The Morgan fingerprint density at radius 1 is 1.30 bits per heavy atom. The summed E-state index contributed by atoms with van der Waals surface area (Å²) in [6.45, 7) is 5.00. The molecule has 2 rings (SSSR count). The summed E-state index contributed by atoms with van der Waals surface area (Å²) < 4.78 is 11.0. The number of carbonyl (C=O) groups is 1. The molecule has 2 aromatic rings. The predicted octanol–water partition coefficient (Wildman–Crippen LogP) is 3.58. The fourth-order valence-electron chi connectivity index (χ4n) is 2.09. The first-order chi connectivity index (χ1) is 10.7. The van der Waals surface area contributed by atoms with Crippen LogP contribution in [-0.2, 0) is 11.3 Å². The van der Waals surface area contributed by atoms with Crippen LogP contribution in [0.5, 0.6) is 0 Å². The van der Waals surface area contributed by atoms with Gasteiger partial charge < -0.3 is 19.6 Å². The molecule has 0 bridgehead atoms. The minimum absolute atomic E-state index is 0. The first-order valence-electron chi connectivity index (χ1n) is 7.41. The number of aromatic carboxylic acids is 1. The van der Waals surface area contributed by atoms with Crippen LogP contribution in [0, 0.1) is 0 Å². The third-order valence-electron chi connectivity index (χ3n) is 3.20. The fraction of sp³-hybridized carbons (Fsp3) is 0.353. The smallest absolute Gasteiger partial charge is 0.335 e. The summed E-state index contributed by atoms with van der Waals surface area (Å²) in [5.74, 6) is 0.561. The molecule has 1 heterocycles. The molecule has 6 heteroatoms. The minimum Gasteiger partial charge on any atom is -0.478 e. The fourth-order valence-corrected chi connectivity index (χ4v) is 2.09. The monoisotopic (exact) mass is 339 g/mol. The van der Waals surface area contributed by atoms with Gasteiger partial charge in [0.25, 0.3) is 0 Å². The summed E-state index contributed by atoms with van der Waals surface area (Å²) in [5.41, 5.74) is 1.02. The van der Waals surface area contributed by atoms with E-state index in [-0.39, 0.29) is 18.0 Å². The zero-order chi connectivity index (χ0) is 15.8. The van der Waals surface area contributed by atoms with E-state index in [1.165, 1.54) is 0 Å². The van der Waals surface area contributed by atoms with Gasteiger partial charge in [0.05, 0.1) is 12.1 Å². The van der Waals surface area contributed by atoms with E-state index in [1.807, 2.05) is 25.1 Å². The molecule has 0 unspecified atom stereocenters. The van der Waals surface area contributed by atoms with E-state index in [0.717, 1.165) is 37.5 Å². The molecule has 0 spiro atoms. The summed E-state index contributed by atoms with van der Waals surface area (Å²) in [4.78, 5) is 11.0. The summed E-state index contributed by atoms with van der Waals surface area (Å²) in [6, 6.07) is 10.5. The Morgan fingerprint density at radius 3 is 2.87 bits per heavy atom. The molecular weight excluding hydrogens is 318 g/mol. The topological polar surface area (TPSA) is 71.7 Å². The van der Waals surface area contributed by atoms with Crippen molar-refractivity contribution in [3.63, 3.8) is 0 Å². The maximum absolute atomic E-state index is 11.0. The molecule has 2 N–H and O–H groups in total. The first kappa shape index (κ1) is 19.2. The van der Waals surface area contributed by atoms with Gasteiger partial charge in [-0.25, -0.2) is 4.79 Å². The number of ether oxygens (including phenoxy) is 1. The first-order valence-corrected chi connectivity index (χ1v) is 7.41. The molecular formula is C17H22ClNO4. The molecule has 0 aliphatic carbocycles. The van der Waals surface area contributed by atoms with Crippen molar-refractivity contribution in [2.45, 2.75) is 19.9 Å². The Labute approximate surface area is 142 Å². The average Bonchev–Trinajstić information content (AvgIpc) is 3.00. The van der Waals surface area contributed by atoms with Gasteiger partial charge in [0.2, 0.25) is 0 Å². The van der Waals surface area contributed by atoms with Gasteiger partial charge in [-0.1, -0.05) is 12.1 Å². The number of rotatable bonds is 9. The third-order valence-corrected chi connectivity index (χ3v) is 3.20. The van der Waals surface area contributed by atoms with Crippen molar-refractivity contribution in [3.05, 3.63) is 47.7 Å². The zero-order valence-electron chi connectivity index (χ0n) is 13.1. The Balaban J connectivity index is 0.00000264. The molecule has 0 aliphatic heterocycles. The Hall–Kier alpha value is -1.82. The summed E-state index contributed by atoms with van der Waals surface area (Å²) in [6.07, 6.45) is 0.960. The number of nitrogens with one attached hydrogen (secondary N) is 1. The normalized spacial score (nSPS) is 10.3. The van der Waals surface area contributed by atoms with Gasteiger partial charge in [-0.3, -0.25) is 0 Å². The molecule has 0 saturated heterocycles. The van der Waals surface area contributed by atoms with Crippen molar-refractivity contribution in [3.8, 4) is 11.3 Å².